The van der Waals surface area contributed by atoms with E-state index in [1.165, 1.54) is 50.6 Å². The fourth-order valence-electron chi connectivity index (χ4n) is 5.66. The standard InChI is InChI=1S/C39H44F3NO7/c1-8-9-26-10-14-28(15-11-26)48-37-35(45)29-16-18-31(49-34(44)19-13-27-12-17-32(46-6)33(20-27)47-7)30(36(29)50-38(37)39(40,41)42)23-43(21-24(2)3)22-25(4)5/h10-20,24-25H,8-9,21-23H2,1-7H3. The van der Waals surface area contributed by atoms with Crippen molar-refractivity contribution >= 4 is 23.0 Å². The van der Waals surface area contributed by atoms with Crippen molar-refractivity contribution in [2.45, 2.75) is 60.2 Å². The Labute approximate surface area is 290 Å². The summed E-state index contributed by atoms with van der Waals surface area (Å²) < 4.78 is 71.3. The van der Waals surface area contributed by atoms with Crippen LogP contribution in [0.4, 0.5) is 13.2 Å². The summed E-state index contributed by atoms with van der Waals surface area (Å²) in [5.74, 6) is -1.91. The largest absolute Gasteiger partial charge is 0.493 e. The van der Waals surface area contributed by atoms with Gasteiger partial charge in [0.1, 0.15) is 17.1 Å². The Balaban J connectivity index is 1.83. The monoisotopic (exact) mass is 695 g/mol. The van der Waals surface area contributed by atoms with E-state index in [0.29, 0.717) is 30.2 Å². The topological polar surface area (TPSA) is 87.4 Å². The molecule has 268 valence electrons. The summed E-state index contributed by atoms with van der Waals surface area (Å²) in [4.78, 5) is 29.0. The van der Waals surface area contributed by atoms with Crippen LogP contribution >= 0.6 is 0 Å². The molecule has 3 aromatic carbocycles. The lowest BCUT2D eigenvalue weighted by Crippen LogP contribution is -2.31. The molecule has 0 atom stereocenters. The first kappa shape index (κ1) is 38.0. The van der Waals surface area contributed by atoms with Gasteiger partial charge in [-0.25, -0.2) is 4.79 Å². The average Bonchev–Trinajstić information content (AvgIpc) is 3.05. The van der Waals surface area contributed by atoms with Crippen LogP contribution < -0.4 is 24.4 Å². The Hall–Kier alpha value is -4.77. The van der Waals surface area contributed by atoms with Crippen molar-refractivity contribution in [3.8, 4) is 28.7 Å². The number of hydrogen-bond acceptors (Lipinski definition) is 8. The van der Waals surface area contributed by atoms with Gasteiger partial charge in [-0.15, -0.1) is 0 Å². The maximum atomic E-state index is 14.6. The number of alkyl halides is 3. The first-order valence-corrected chi connectivity index (χ1v) is 16.5. The molecule has 0 bridgehead atoms. The van der Waals surface area contributed by atoms with Crippen LogP contribution in [-0.2, 0) is 23.9 Å². The van der Waals surface area contributed by atoms with Gasteiger partial charge in [-0.3, -0.25) is 9.69 Å². The number of halogens is 3. The Morgan fingerprint density at radius 2 is 1.54 bits per heavy atom. The van der Waals surface area contributed by atoms with Crippen molar-refractivity contribution in [1.82, 2.24) is 4.90 Å². The summed E-state index contributed by atoms with van der Waals surface area (Å²) in [6.07, 6.45) is -0.693. The first-order chi connectivity index (χ1) is 23.7. The van der Waals surface area contributed by atoms with Gasteiger partial charge < -0.3 is 23.4 Å². The average molecular weight is 696 g/mol. The zero-order valence-corrected chi connectivity index (χ0v) is 29.5. The van der Waals surface area contributed by atoms with Crippen molar-refractivity contribution in [3.63, 3.8) is 0 Å². The zero-order valence-electron chi connectivity index (χ0n) is 29.5. The lowest BCUT2D eigenvalue weighted by Gasteiger charge is -2.27. The minimum atomic E-state index is -5.08. The molecule has 1 aromatic heterocycles. The molecule has 11 heteroatoms. The number of nitrogens with zero attached hydrogens (tertiary/aromatic N) is 1. The van der Waals surface area contributed by atoms with E-state index in [9.17, 15) is 22.8 Å². The van der Waals surface area contributed by atoms with Crippen LogP contribution in [-0.4, -0.2) is 38.2 Å². The van der Waals surface area contributed by atoms with E-state index < -0.39 is 29.1 Å². The van der Waals surface area contributed by atoms with Gasteiger partial charge in [0.15, 0.2) is 11.5 Å². The van der Waals surface area contributed by atoms with Crippen LogP contribution in [0.5, 0.6) is 28.7 Å². The summed E-state index contributed by atoms with van der Waals surface area (Å²) in [6.45, 7) is 11.3. The molecule has 0 unspecified atom stereocenters. The molecule has 0 spiro atoms. The predicted molar refractivity (Wildman–Crippen MR) is 187 cm³/mol. The fourth-order valence-corrected chi connectivity index (χ4v) is 5.66. The van der Waals surface area contributed by atoms with Gasteiger partial charge in [0.2, 0.25) is 11.2 Å². The number of rotatable bonds is 15. The SMILES string of the molecule is CCCc1ccc(Oc2c(C(F)(F)F)oc3c(CN(CC(C)C)CC(C)C)c(OC(=O)C=Cc4ccc(OC)c(OC)c4)ccc3c2=O)cc1. The van der Waals surface area contributed by atoms with Gasteiger partial charge in [0.25, 0.3) is 5.76 Å². The maximum absolute atomic E-state index is 14.6. The van der Waals surface area contributed by atoms with Crippen LogP contribution in [0.2, 0.25) is 0 Å². The van der Waals surface area contributed by atoms with Gasteiger partial charge >= 0.3 is 12.1 Å². The summed E-state index contributed by atoms with van der Waals surface area (Å²) in [6, 6.07) is 14.3. The lowest BCUT2D eigenvalue weighted by atomic mass is 10.1. The van der Waals surface area contributed by atoms with E-state index in [1.807, 2.05) is 39.5 Å². The third kappa shape index (κ3) is 9.68. The number of carbonyl (C=O) groups is 1. The number of aryl methyl sites for hydroxylation is 1. The lowest BCUT2D eigenvalue weighted by molar-refractivity contribution is -0.154. The molecule has 0 aliphatic rings. The molecule has 8 nitrogen and oxygen atoms in total. The molecule has 0 saturated heterocycles. The Bertz CT molecular complexity index is 1850. The normalized spacial score (nSPS) is 12.0. The summed E-state index contributed by atoms with van der Waals surface area (Å²) in [5, 5.41) is -0.139. The van der Waals surface area contributed by atoms with Crippen LogP contribution in [0.1, 0.15) is 63.5 Å². The molecular weight excluding hydrogens is 651 g/mol. The summed E-state index contributed by atoms with van der Waals surface area (Å²) in [7, 11) is 3.00. The first-order valence-electron chi connectivity index (χ1n) is 16.5. The van der Waals surface area contributed by atoms with E-state index in [4.69, 9.17) is 23.4 Å². The second-order valence-electron chi connectivity index (χ2n) is 12.9. The number of ether oxygens (including phenoxy) is 4. The van der Waals surface area contributed by atoms with Gasteiger partial charge in [0, 0.05) is 25.7 Å². The van der Waals surface area contributed by atoms with Gasteiger partial charge in [-0.05, 0) is 71.9 Å². The molecular formula is C39H44F3NO7. The number of esters is 1. The molecule has 0 aliphatic carbocycles. The van der Waals surface area contributed by atoms with Crippen LogP contribution in [0.25, 0.3) is 17.0 Å². The number of fused-ring (bicyclic) bond motifs is 1. The molecule has 0 fully saturated rings. The van der Waals surface area contributed by atoms with Crippen molar-refractivity contribution < 1.29 is 41.3 Å². The Kier molecular flexibility index (Phi) is 12.7. The van der Waals surface area contributed by atoms with Crippen molar-refractivity contribution in [1.29, 1.82) is 0 Å². The second-order valence-corrected chi connectivity index (χ2v) is 12.9. The molecule has 4 aromatic rings. The number of methoxy groups -OCH3 is 2. The highest BCUT2D eigenvalue weighted by Crippen LogP contribution is 2.40. The van der Waals surface area contributed by atoms with Crippen LogP contribution in [0, 0.1) is 11.8 Å². The molecule has 1 heterocycles. The molecule has 0 N–H and O–H groups in total. The number of hydrogen-bond donors (Lipinski definition) is 0. The quantitative estimate of drug-likeness (QED) is 0.0691. The smallest absolute Gasteiger partial charge is 0.453 e. The van der Waals surface area contributed by atoms with E-state index in [2.05, 4.69) is 0 Å². The van der Waals surface area contributed by atoms with Gasteiger partial charge in [-0.1, -0.05) is 59.2 Å². The third-order valence-corrected chi connectivity index (χ3v) is 7.68. The molecule has 0 radical (unpaired) electrons. The Morgan fingerprint density at radius 3 is 2.12 bits per heavy atom. The van der Waals surface area contributed by atoms with Crippen molar-refractivity contribution in [3.05, 3.63) is 93.3 Å². The molecule has 0 aliphatic heterocycles. The molecule has 50 heavy (non-hydrogen) atoms. The zero-order chi connectivity index (χ0) is 36.6. The van der Waals surface area contributed by atoms with Crippen molar-refractivity contribution in [2.75, 3.05) is 27.3 Å². The minimum absolute atomic E-state index is 0.0339. The van der Waals surface area contributed by atoms with Gasteiger partial charge in [0.05, 0.1) is 25.2 Å². The second kappa shape index (κ2) is 16.8. The maximum Gasteiger partial charge on any atom is 0.453 e. The van der Waals surface area contributed by atoms with Gasteiger partial charge in [-0.2, -0.15) is 13.2 Å². The highest BCUT2D eigenvalue weighted by atomic mass is 19.4. The molecule has 0 saturated carbocycles. The van der Waals surface area contributed by atoms with E-state index >= 15 is 0 Å². The highest BCUT2D eigenvalue weighted by Gasteiger charge is 2.41. The summed E-state index contributed by atoms with van der Waals surface area (Å²) in [5.41, 5.74) is 0.406. The van der Waals surface area contributed by atoms with E-state index in [1.54, 1.807) is 30.3 Å². The third-order valence-electron chi connectivity index (χ3n) is 7.68. The number of carbonyl (C=O) groups excluding carboxylic acids is 1. The Morgan fingerprint density at radius 1 is 0.900 bits per heavy atom. The summed E-state index contributed by atoms with van der Waals surface area (Å²) >= 11 is 0. The van der Waals surface area contributed by atoms with Crippen LogP contribution in [0.3, 0.4) is 0 Å². The van der Waals surface area contributed by atoms with E-state index in [-0.39, 0.29) is 46.4 Å². The number of benzene rings is 3. The van der Waals surface area contributed by atoms with Crippen LogP contribution in [0.15, 0.2) is 69.9 Å². The minimum Gasteiger partial charge on any atom is -0.493 e. The molecule has 0 amide bonds. The van der Waals surface area contributed by atoms with E-state index in [0.717, 1.165) is 18.4 Å². The highest BCUT2D eigenvalue weighted by molar-refractivity contribution is 5.91. The molecule has 4 rings (SSSR count). The fraction of sp³-hybridized carbons (Fsp3) is 0.385. The predicted octanol–water partition coefficient (Wildman–Crippen LogP) is 9.31. The van der Waals surface area contributed by atoms with Crippen molar-refractivity contribution in [2.24, 2.45) is 11.8 Å².